The fourth-order valence-electron chi connectivity index (χ4n) is 2.80. The Morgan fingerprint density at radius 2 is 2.05 bits per heavy atom. The zero-order valence-corrected chi connectivity index (χ0v) is 13.0. The molecule has 1 aromatic rings. The summed E-state index contributed by atoms with van der Waals surface area (Å²) in [6.07, 6.45) is 11.4. The number of hydrogen-bond donors (Lipinski definition) is 2. The van der Waals surface area contributed by atoms with E-state index in [1.165, 1.54) is 44.9 Å². The Labute approximate surface area is 124 Å². The number of nitrogens with one attached hydrogen (secondary N) is 2. The maximum atomic E-state index is 5.64. The second-order valence-corrected chi connectivity index (χ2v) is 7.23. The van der Waals surface area contributed by atoms with Gasteiger partial charge in [-0.3, -0.25) is 0 Å². The van der Waals surface area contributed by atoms with Crippen LogP contribution in [0.4, 0.5) is 6.01 Å². The van der Waals surface area contributed by atoms with Gasteiger partial charge in [-0.15, -0.1) is 5.10 Å². The van der Waals surface area contributed by atoms with Crippen molar-refractivity contribution in [2.24, 2.45) is 0 Å². The van der Waals surface area contributed by atoms with Crippen LogP contribution in [0.2, 0.25) is 0 Å². The molecule has 112 valence electrons. The molecule has 2 aliphatic rings. The Bertz CT molecular complexity index is 427. The SMILES string of the molecule is CSC1(CNc2nnc(CNC3CC3)o2)CCCCC1. The van der Waals surface area contributed by atoms with Gasteiger partial charge in [-0.1, -0.05) is 24.4 Å². The summed E-state index contributed by atoms with van der Waals surface area (Å²) < 4.78 is 5.98. The largest absolute Gasteiger partial charge is 0.407 e. The lowest BCUT2D eigenvalue weighted by atomic mass is 9.88. The van der Waals surface area contributed by atoms with Crippen LogP contribution in [0.3, 0.4) is 0 Å². The Morgan fingerprint density at radius 1 is 1.25 bits per heavy atom. The molecule has 2 fully saturated rings. The zero-order chi connectivity index (χ0) is 13.8. The lowest BCUT2D eigenvalue weighted by Crippen LogP contribution is -2.35. The second kappa shape index (κ2) is 6.35. The van der Waals surface area contributed by atoms with Gasteiger partial charge in [0.15, 0.2) is 0 Å². The van der Waals surface area contributed by atoms with Gasteiger partial charge in [0.1, 0.15) is 0 Å². The molecule has 0 spiro atoms. The summed E-state index contributed by atoms with van der Waals surface area (Å²) >= 11 is 1.98. The van der Waals surface area contributed by atoms with Crippen LogP contribution in [0.1, 0.15) is 50.8 Å². The fraction of sp³-hybridized carbons (Fsp3) is 0.857. The lowest BCUT2D eigenvalue weighted by molar-refractivity contribution is 0.406. The normalized spacial score (nSPS) is 21.9. The molecule has 0 bridgehead atoms. The highest BCUT2D eigenvalue weighted by atomic mass is 32.2. The molecule has 0 amide bonds. The molecule has 0 unspecified atom stereocenters. The molecule has 2 aliphatic carbocycles. The number of nitrogens with zero attached hydrogens (tertiary/aromatic N) is 2. The number of rotatable bonds is 7. The predicted molar refractivity (Wildman–Crippen MR) is 82.0 cm³/mol. The van der Waals surface area contributed by atoms with E-state index in [4.69, 9.17) is 4.42 Å². The summed E-state index contributed by atoms with van der Waals surface area (Å²) in [7, 11) is 0. The highest BCUT2D eigenvalue weighted by Gasteiger charge is 2.31. The van der Waals surface area contributed by atoms with Crippen LogP contribution in [-0.4, -0.2) is 33.8 Å². The Morgan fingerprint density at radius 3 is 2.75 bits per heavy atom. The van der Waals surface area contributed by atoms with Crippen molar-refractivity contribution < 1.29 is 4.42 Å². The third-order valence-electron chi connectivity index (χ3n) is 4.35. The van der Waals surface area contributed by atoms with Crippen LogP contribution >= 0.6 is 11.8 Å². The minimum atomic E-state index is 0.346. The van der Waals surface area contributed by atoms with Crippen molar-refractivity contribution in [3.05, 3.63) is 5.89 Å². The molecule has 6 heteroatoms. The minimum absolute atomic E-state index is 0.346. The Kier molecular flexibility index (Phi) is 4.51. The first-order valence-corrected chi connectivity index (χ1v) is 8.87. The van der Waals surface area contributed by atoms with E-state index in [1.54, 1.807) is 0 Å². The summed E-state index contributed by atoms with van der Waals surface area (Å²) in [5.41, 5.74) is 0. The van der Waals surface area contributed by atoms with E-state index in [-0.39, 0.29) is 0 Å². The van der Waals surface area contributed by atoms with Crippen molar-refractivity contribution in [3.63, 3.8) is 0 Å². The minimum Gasteiger partial charge on any atom is -0.407 e. The van der Waals surface area contributed by atoms with Gasteiger partial charge < -0.3 is 15.1 Å². The van der Waals surface area contributed by atoms with Crippen LogP contribution in [0.5, 0.6) is 0 Å². The average molecular weight is 296 g/mol. The summed E-state index contributed by atoms with van der Waals surface area (Å²) in [5, 5.41) is 14.9. The summed E-state index contributed by atoms with van der Waals surface area (Å²) in [5.74, 6) is 0.682. The molecule has 20 heavy (non-hydrogen) atoms. The standard InChI is InChI=1S/C14H24N4OS/c1-20-14(7-3-2-4-8-14)10-16-13-18-17-12(19-13)9-15-11-5-6-11/h11,15H,2-10H2,1H3,(H,16,18). The Balaban J connectivity index is 1.49. The zero-order valence-electron chi connectivity index (χ0n) is 12.2. The predicted octanol–water partition coefficient (Wildman–Crippen LogP) is 2.80. The monoisotopic (exact) mass is 296 g/mol. The third-order valence-corrected chi connectivity index (χ3v) is 5.76. The van der Waals surface area contributed by atoms with Gasteiger partial charge in [-0.05, 0) is 31.9 Å². The molecular formula is C14H24N4OS. The van der Waals surface area contributed by atoms with Gasteiger partial charge in [0.05, 0.1) is 6.54 Å². The lowest BCUT2D eigenvalue weighted by Gasteiger charge is -2.35. The van der Waals surface area contributed by atoms with E-state index in [9.17, 15) is 0 Å². The Hall–Kier alpha value is -0.750. The average Bonchev–Trinajstić information content (AvgIpc) is 3.22. The van der Waals surface area contributed by atoms with Crippen LogP contribution in [0.25, 0.3) is 0 Å². The maximum Gasteiger partial charge on any atom is 0.315 e. The van der Waals surface area contributed by atoms with Crippen molar-refractivity contribution in [1.29, 1.82) is 0 Å². The first-order valence-electron chi connectivity index (χ1n) is 7.64. The molecule has 3 rings (SSSR count). The molecule has 2 N–H and O–H groups in total. The topological polar surface area (TPSA) is 63.0 Å². The highest BCUT2D eigenvalue weighted by Crippen LogP contribution is 2.38. The molecule has 0 saturated heterocycles. The van der Waals surface area contributed by atoms with Crippen LogP contribution in [0.15, 0.2) is 4.42 Å². The van der Waals surface area contributed by atoms with E-state index < -0.39 is 0 Å². The van der Waals surface area contributed by atoms with Crippen LogP contribution in [-0.2, 0) is 6.54 Å². The van der Waals surface area contributed by atoms with Gasteiger partial charge in [-0.25, -0.2) is 0 Å². The molecule has 0 aromatic carbocycles. The molecule has 1 heterocycles. The highest BCUT2D eigenvalue weighted by molar-refractivity contribution is 8.00. The van der Waals surface area contributed by atoms with Crippen molar-refractivity contribution >= 4 is 17.8 Å². The van der Waals surface area contributed by atoms with E-state index in [1.807, 2.05) is 11.8 Å². The van der Waals surface area contributed by atoms with Crippen molar-refractivity contribution in [2.45, 2.75) is 62.3 Å². The first kappa shape index (κ1) is 14.2. The second-order valence-electron chi connectivity index (χ2n) is 5.96. The number of thioether (sulfide) groups is 1. The smallest absolute Gasteiger partial charge is 0.315 e. The molecule has 2 saturated carbocycles. The molecule has 0 radical (unpaired) electrons. The van der Waals surface area contributed by atoms with E-state index >= 15 is 0 Å². The molecule has 0 aliphatic heterocycles. The quantitative estimate of drug-likeness (QED) is 0.807. The van der Waals surface area contributed by atoms with Crippen molar-refractivity contribution in [3.8, 4) is 0 Å². The van der Waals surface area contributed by atoms with Crippen LogP contribution in [0, 0.1) is 0 Å². The van der Waals surface area contributed by atoms with Gasteiger partial charge >= 0.3 is 6.01 Å². The molecule has 0 atom stereocenters. The van der Waals surface area contributed by atoms with E-state index in [0.29, 0.717) is 29.2 Å². The van der Waals surface area contributed by atoms with E-state index in [0.717, 1.165) is 6.54 Å². The maximum absolute atomic E-state index is 5.64. The molecule has 5 nitrogen and oxygen atoms in total. The number of aromatic nitrogens is 2. The fourth-order valence-corrected chi connectivity index (χ4v) is 3.71. The third kappa shape index (κ3) is 3.67. The van der Waals surface area contributed by atoms with Crippen molar-refractivity contribution in [1.82, 2.24) is 15.5 Å². The van der Waals surface area contributed by atoms with Gasteiger partial charge in [-0.2, -0.15) is 11.8 Å². The molecule has 1 aromatic heterocycles. The first-order chi connectivity index (χ1) is 9.80. The summed E-state index contributed by atoms with van der Waals surface area (Å²) in [4.78, 5) is 0. The molecular weight excluding hydrogens is 272 g/mol. The summed E-state index contributed by atoms with van der Waals surface area (Å²) in [6, 6.07) is 1.23. The van der Waals surface area contributed by atoms with E-state index in [2.05, 4.69) is 27.1 Å². The van der Waals surface area contributed by atoms with Gasteiger partial charge in [0.2, 0.25) is 5.89 Å². The number of hydrogen-bond acceptors (Lipinski definition) is 6. The summed E-state index contributed by atoms with van der Waals surface area (Å²) in [6.45, 7) is 1.61. The van der Waals surface area contributed by atoms with Gasteiger partial charge in [0.25, 0.3) is 0 Å². The van der Waals surface area contributed by atoms with Crippen molar-refractivity contribution in [2.75, 3.05) is 18.1 Å². The van der Waals surface area contributed by atoms with Gasteiger partial charge in [0, 0.05) is 17.3 Å². The van der Waals surface area contributed by atoms with Crippen LogP contribution < -0.4 is 10.6 Å². The number of anilines is 1.